The molecule has 0 saturated heterocycles. The lowest BCUT2D eigenvalue weighted by Crippen LogP contribution is -2.43. The van der Waals surface area contributed by atoms with Gasteiger partial charge in [0.05, 0.1) is 18.0 Å². The maximum absolute atomic E-state index is 13.4. The van der Waals surface area contributed by atoms with E-state index >= 15 is 0 Å². The Labute approximate surface area is 208 Å². The van der Waals surface area contributed by atoms with Crippen LogP contribution in [0.15, 0.2) is 81.5 Å². The van der Waals surface area contributed by atoms with Crippen molar-refractivity contribution in [3.05, 3.63) is 87.0 Å². The number of rotatable bonds is 12. The molecule has 0 N–H and O–H groups in total. The number of hydrogen-bond acceptors (Lipinski definition) is 5. The predicted octanol–water partition coefficient (Wildman–Crippen LogP) is 4.77. The van der Waals surface area contributed by atoms with Crippen molar-refractivity contribution in [2.75, 3.05) is 26.8 Å². The molecule has 0 aliphatic rings. The number of thiophene rings is 1. The van der Waals surface area contributed by atoms with Gasteiger partial charge in [-0.05, 0) is 47.7 Å². The van der Waals surface area contributed by atoms with Crippen molar-refractivity contribution in [2.45, 2.75) is 24.4 Å². The number of carbonyl (C=O) groups excluding carboxylic acids is 1. The first kappa shape index (κ1) is 25.6. The molecule has 3 rings (SSSR count). The molecule has 0 aliphatic carbocycles. The third-order valence-corrected chi connectivity index (χ3v) is 8.26. The normalized spacial score (nSPS) is 11.6. The summed E-state index contributed by atoms with van der Waals surface area (Å²) in [5.74, 6) is -0.245. The van der Waals surface area contributed by atoms with Crippen LogP contribution in [0.5, 0.6) is 0 Å². The Morgan fingerprint density at radius 3 is 2.36 bits per heavy atom. The van der Waals surface area contributed by atoms with Crippen molar-refractivity contribution in [1.29, 1.82) is 0 Å². The molecule has 0 atom stereocenters. The Morgan fingerprint density at radius 1 is 1.00 bits per heavy atom. The zero-order valence-corrected chi connectivity index (χ0v) is 21.6. The lowest BCUT2D eigenvalue weighted by atomic mass is 10.2. The fraction of sp³-hybridized carbons (Fsp3) is 0.292. The second-order valence-electron chi connectivity index (χ2n) is 7.45. The number of benzene rings is 2. The number of ether oxygens (including phenoxy) is 1. The Morgan fingerprint density at radius 2 is 1.73 bits per heavy atom. The van der Waals surface area contributed by atoms with Crippen LogP contribution in [0.1, 0.15) is 16.9 Å². The van der Waals surface area contributed by atoms with Crippen molar-refractivity contribution < 1.29 is 17.9 Å². The maximum Gasteiger partial charge on any atom is 0.243 e. The quantitative estimate of drug-likeness (QED) is 0.305. The van der Waals surface area contributed by atoms with Crippen LogP contribution in [0, 0.1) is 0 Å². The molecular formula is C24H27BrN2O4S2. The van der Waals surface area contributed by atoms with Crippen molar-refractivity contribution in [2.24, 2.45) is 0 Å². The second kappa shape index (κ2) is 12.4. The molecule has 3 aromatic rings. The van der Waals surface area contributed by atoms with Crippen LogP contribution in [0.2, 0.25) is 0 Å². The molecule has 9 heteroatoms. The molecule has 33 heavy (non-hydrogen) atoms. The average Bonchev–Trinajstić information content (AvgIpc) is 3.32. The number of nitrogens with zero attached hydrogens (tertiary/aromatic N) is 2. The van der Waals surface area contributed by atoms with Gasteiger partial charge in [-0.15, -0.1) is 11.3 Å². The van der Waals surface area contributed by atoms with Crippen molar-refractivity contribution in [3.8, 4) is 0 Å². The Bertz CT molecular complexity index is 1110. The van der Waals surface area contributed by atoms with Gasteiger partial charge >= 0.3 is 0 Å². The molecule has 1 aromatic heterocycles. The molecule has 6 nitrogen and oxygen atoms in total. The molecule has 0 bridgehead atoms. The maximum atomic E-state index is 13.4. The monoisotopic (exact) mass is 550 g/mol. The van der Waals surface area contributed by atoms with Crippen molar-refractivity contribution >= 4 is 43.2 Å². The summed E-state index contributed by atoms with van der Waals surface area (Å²) < 4.78 is 33.9. The summed E-state index contributed by atoms with van der Waals surface area (Å²) >= 11 is 4.91. The minimum Gasteiger partial charge on any atom is -0.385 e. The summed E-state index contributed by atoms with van der Waals surface area (Å²) in [5.41, 5.74) is 0.990. The van der Waals surface area contributed by atoms with Crippen molar-refractivity contribution in [1.82, 2.24) is 9.21 Å². The van der Waals surface area contributed by atoms with Crippen LogP contribution < -0.4 is 0 Å². The third-order valence-electron chi connectivity index (χ3n) is 5.01. The van der Waals surface area contributed by atoms with Gasteiger partial charge in [-0.1, -0.05) is 52.3 Å². The molecule has 176 valence electrons. The Balaban J connectivity index is 1.84. The van der Waals surface area contributed by atoms with E-state index in [-0.39, 0.29) is 23.9 Å². The van der Waals surface area contributed by atoms with Gasteiger partial charge in [0, 0.05) is 36.2 Å². The highest BCUT2D eigenvalue weighted by atomic mass is 79.9. The minimum absolute atomic E-state index is 0.156. The van der Waals surface area contributed by atoms with Gasteiger partial charge in [0.1, 0.15) is 0 Å². The van der Waals surface area contributed by atoms with E-state index in [9.17, 15) is 13.2 Å². The molecular weight excluding hydrogens is 524 g/mol. The molecule has 0 spiro atoms. The summed E-state index contributed by atoms with van der Waals surface area (Å²) in [5, 5.41) is 1.97. The molecule has 0 radical (unpaired) electrons. The largest absolute Gasteiger partial charge is 0.385 e. The summed E-state index contributed by atoms with van der Waals surface area (Å²) in [6, 6.07) is 20.1. The number of methoxy groups -OCH3 is 1. The van der Waals surface area contributed by atoms with E-state index in [1.165, 1.54) is 4.31 Å². The summed E-state index contributed by atoms with van der Waals surface area (Å²) in [4.78, 5) is 16.3. The average molecular weight is 552 g/mol. The lowest BCUT2D eigenvalue weighted by Gasteiger charge is -2.27. The number of hydrogen-bond donors (Lipinski definition) is 0. The number of amides is 1. The highest BCUT2D eigenvalue weighted by Crippen LogP contribution is 2.21. The molecule has 1 amide bonds. The topological polar surface area (TPSA) is 66.9 Å². The summed E-state index contributed by atoms with van der Waals surface area (Å²) in [6.45, 7) is 1.19. The van der Waals surface area contributed by atoms with Crippen LogP contribution in [0.4, 0.5) is 0 Å². The number of carbonyl (C=O) groups is 1. The van der Waals surface area contributed by atoms with Gasteiger partial charge in [0.15, 0.2) is 0 Å². The predicted molar refractivity (Wildman–Crippen MR) is 134 cm³/mol. The van der Waals surface area contributed by atoms with E-state index in [1.54, 1.807) is 47.6 Å². The van der Waals surface area contributed by atoms with E-state index < -0.39 is 10.0 Å². The van der Waals surface area contributed by atoms with E-state index in [1.807, 2.05) is 47.8 Å². The van der Waals surface area contributed by atoms with Crippen LogP contribution in [-0.2, 0) is 32.6 Å². The first-order valence-corrected chi connectivity index (χ1v) is 13.6. The van der Waals surface area contributed by atoms with E-state index in [2.05, 4.69) is 15.9 Å². The smallest absolute Gasteiger partial charge is 0.243 e. The highest BCUT2D eigenvalue weighted by molar-refractivity contribution is 9.10. The molecule has 0 unspecified atom stereocenters. The standard InChI is InChI=1S/C24H27BrN2O4S2/c1-31-15-6-14-27(33(29,30)23-12-10-21(25)11-13-23)19-24(28)26(18-22-9-5-16-32-22)17-20-7-3-2-4-8-20/h2-5,7-13,16H,6,14-15,17-19H2,1H3. The number of sulfonamides is 1. The lowest BCUT2D eigenvalue weighted by molar-refractivity contribution is -0.132. The summed E-state index contributed by atoms with van der Waals surface area (Å²) in [7, 11) is -2.28. The van der Waals surface area contributed by atoms with Gasteiger partial charge in [0.2, 0.25) is 15.9 Å². The first-order valence-electron chi connectivity index (χ1n) is 10.5. The van der Waals surface area contributed by atoms with Crippen molar-refractivity contribution in [3.63, 3.8) is 0 Å². The first-order chi connectivity index (χ1) is 15.9. The number of halogens is 1. The van der Waals surface area contributed by atoms with Gasteiger partial charge in [-0.2, -0.15) is 4.31 Å². The fourth-order valence-electron chi connectivity index (χ4n) is 3.30. The van der Waals surface area contributed by atoms with Crippen LogP contribution in [0.25, 0.3) is 0 Å². The molecule has 2 aromatic carbocycles. The summed E-state index contributed by atoms with van der Waals surface area (Å²) in [6.07, 6.45) is 0.489. The van der Waals surface area contributed by atoms with Gasteiger partial charge in [-0.3, -0.25) is 4.79 Å². The third kappa shape index (κ3) is 7.48. The molecule has 0 fully saturated rings. The minimum atomic E-state index is -3.85. The second-order valence-corrected chi connectivity index (χ2v) is 11.3. The van der Waals surface area contributed by atoms with Gasteiger partial charge in [-0.25, -0.2) is 8.42 Å². The van der Waals surface area contributed by atoms with E-state index in [0.717, 1.165) is 14.9 Å². The van der Waals surface area contributed by atoms with Gasteiger partial charge in [0.25, 0.3) is 0 Å². The zero-order valence-electron chi connectivity index (χ0n) is 18.4. The van der Waals surface area contributed by atoms with Crippen LogP contribution in [-0.4, -0.2) is 50.3 Å². The zero-order chi connectivity index (χ0) is 23.7. The van der Waals surface area contributed by atoms with E-state index in [4.69, 9.17) is 4.74 Å². The fourth-order valence-corrected chi connectivity index (χ4v) is 5.71. The Hall–Kier alpha value is -2.04. The molecule has 1 heterocycles. The Kier molecular flexibility index (Phi) is 9.64. The van der Waals surface area contributed by atoms with Crippen LogP contribution in [0.3, 0.4) is 0 Å². The highest BCUT2D eigenvalue weighted by Gasteiger charge is 2.28. The van der Waals surface area contributed by atoms with Gasteiger partial charge < -0.3 is 9.64 Å². The SMILES string of the molecule is COCCCN(CC(=O)N(Cc1ccccc1)Cc1cccs1)S(=O)(=O)c1ccc(Br)cc1. The van der Waals surface area contributed by atoms with E-state index in [0.29, 0.717) is 26.1 Å². The molecule has 0 saturated carbocycles. The molecule has 0 aliphatic heterocycles. The van der Waals surface area contributed by atoms with Crippen LogP contribution >= 0.6 is 27.3 Å².